The first-order chi connectivity index (χ1) is 14.9. The van der Waals surface area contributed by atoms with Crippen LogP contribution in [0.25, 0.3) is 10.9 Å². The van der Waals surface area contributed by atoms with Gasteiger partial charge in [-0.15, -0.1) is 0 Å². The molecule has 5 rings (SSSR count). The highest BCUT2D eigenvalue weighted by Gasteiger charge is 2.51. The number of amides is 1. The number of nitrogens with zero attached hydrogens (tertiary/aromatic N) is 1. The monoisotopic (exact) mass is 422 g/mol. The van der Waals surface area contributed by atoms with Crippen molar-refractivity contribution in [1.82, 2.24) is 9.88 Å². The maximum absolute atomic E-state index is 13.5. The van der Waals surface area contributed by atoms with Gasteiger partial charge in [-0.25, -0.2) is 0 Å². The van der Waals surface area contributed by atoms with Crippen LogP contribution in [0.5, 0.6) is 0 Å². The number of H-pyrrole nitrogens is 1. The number of aromatic nitrogens is 1. The number of piperidine rings is 1. The molecular formula is C26H34N2O3. The van der Waals surface area contributed by atoms with Crippen LogP contribution in [0.15, 0.2) is 24.4 Å². The number of nitrogens with one attached hydrogen (secondary N) is 1. The van der Waals surface area contributed by atoms with Crippen LogP contribution in [-0.4, -0.2) is 39.5 Å². The summed E-state index contributed by atoms with van der Waals surface area (Å²) < 4.78 is 0. The van der Waals surface area contributed by atoms with Crippen molar-refractivity contribution in [2.75, 3.05) is 6.54 Å². The minimum absolute atomic E-state index is 0.0707. The van der Waals surface area contributed by atoms with Gasteiger partial charge in [-0.2, -0.15) is 0 Å². The number of hydrogen-bond donors (Lipinski definition) is 2. The Bertz CT molecular complexity index is 1010. The number of aliphatic carboxylic acids is 1. The minimum Gasteiger partial charge on any atom is -0.481 e. The molecule has 31 heavy (non-hydrogen) atoms. The second kappa shape index (κ2) is 7.68. The third kappa shape index (κ3) is 3.46. The number of carboxylic acid groups (broad SMARTS) is 1. The van der Waals surface area contributed by atoms with E-state index >= 15 is 0 Å². The lowest BCUT2D eigenvalue weighted by molar-refractivity contribution is -0.162. The smallest absolute Gasteiger partial charge is 0.309 e. The fourth-order valence-corrected chi connectivity index (χ4v) is 6.45. The number of likely N-dealkylation sites (tertiary alicyclic amines) is 1. The standard InChI is InChI=1S/C26H34N2O3/c1-16(19-15-27-21-8-3-6-18(24(19)21)17-10-11-17)14-23(29)28-13-5-7-20-22(28)9-4-12-26(20,2)25(30)31/h3,6,8,15-17,20,22,27H,4-5,7,9-14H2,1-2H3,(H,30,31). The van der Waals surface area contributed by atoms with E-state index in [1.54, 1.807) is 0 Å². The van der Waals surface area contributed by atoms with Crippen molar-refractivity contribution in [3.8, 4) is 0 Å². The van der Waals surface area contributed by atoms with Crippen molar-refractivity contribution in [3.63, 3.8) is 0 Å². The summed E-state index contributed by atoms with van der Waals surface area (Å²) in [6, 6.07) is 6.58. The minimum atomic E-state index is -0.705. The van der Waals surface area contributed by atoms with Crippen LogP contribution in [0.3, 0.4) is 0 Å². The fraction of sp³-hybridized carbons (Fsp3) is 0.615. The van der Waals surface area contributed by atoms with E-state index in [9.17, 15) is 14.7 Å². The number of rotatable bonds is 5. The molecule has 1 aromatic carbocycles. The Balaban J connectivity index is 1.37. The molecule has 3 aliphatic rings. The second-order valence-electron chi connectivity index (χ2n) is 10.4. The first-order valence-corrected chi connectivity index (χ1v) is 12.0. The lowest BCUT2D eigenvalue weighted by atomic mass is 9.62. The second-order valence-corrected chi connectivity index (χ2v) is 10.4. The van der Waals surface area contributed by atoms with E-state index in [-0.39, 0.29) is 23.8 Å². The van der Waals surface area contributed by atoms with Gasteiger partial charge in [0.2, 0.25) is 5.91 Å². The SMILES string of the molecule is CC(CC(=O)N1CCCC2C1CCCC2(C)C(=O)O)c1c[nH]c2cccc(C3CC3)c12. The number of fused-ring (bicyclic) bond motifs is 2. The zero-order valence-electron chi connectivity index (χ0n) is 18.7. The molecule has 2 aliphatic carbocycles. The Morgan fingerprint density at radius 2 is 2.03 bits per heavy atom. The Labute approximate surface area is 184 Å². The molecule has 0 radical (unpaired) electrons. The molecule has 166 valence electrons. The molecule has 4 atom stereocenters. The van der Waals surface area contributed by atoms with E-state index in [1.807, 2.05) is 11.8 Å². The summed E-state index contributed by atoms with van der Waals surface area (Å²) in [6.45, 7) is 4.82. The predicted octanol–water partition coefficient (Wildman–Crippen LogP) is 5.42. The number of aromatic amines is 1. The summed E-state index contributed by atoms with van der Waals surface area (Å²) in [5.41, 5.74) is 3.14. The zero-order valence-corrected chi connectivity index (χ0v) is 18.7. The van der Waals surface area contributed by atoms with Crippen molar-refractivity contribution in [2.24, 2.45) is 11.3 Å². The van der Waals surface area contributed by atoms with Gasteiger partial charge in [0.25, 0.3) is 0 Å². The van der Waals surface area contributed by atoms with Crippen molar-refractivity contribution < 1.29 is 14.7 Å². The van der Waals surface area contributed by atoms with E-state index in [4.69, 9.17) is 0 Å². The zero-order chi connectivity index (χ0) is 21.8. The van der Waals surface area contributed by atoms with Crippen LogP contribution >= 0.6 is 0 Å². The maximum Gasteiger partial charge on any atom is 0.309 e. The van der Waals surface area contributed by atoms with Gasteiger partial charge in [0.05, 0.1) is 5.41 Å². The topological polar surface area (TPSA) is 73.4 Å². The Hall–Kier alpha value is -2.30. The average molecular weight is 423 g/mol. The van der Waals surface area contributed by atoms with Gasteiger partial charge >= 0.3 is 5.97 Å². The van der Waals surface area contributed by atoms with Gasteiger partial charge in [-0.1, -0.05) is 25.5 Å². The summed E-state index contributed by atoms with van der Waals surface area (Å²) in [6.07, 6.45) is 9.47. The number of carboxylic acids is 1. The molecule has 4 unspecified atom stereocenters. The quantitative estimate of drug-likeness (QED) is 0.676. The largest absolute Gasteiger partial charge is 0.481 e. The number of benzene rings is 1. The summed E-state index contributed by atoms with van der Waals surface area (Å²) in [5.74, 6) is 0.364. The molecule has 0 bridgehead atoms. The fourth-order valence-electron chi connectivity index (χ4n) is 6.45. The highest BCUT2D eigenvalue weighted by molar-refractivity contribution is 5.89. The number of hydrogen-bond acceptors (Lipinski definition) is 2. The van der Waals surface area contributed by atoms with Crippen LogP contribution in [0.4, 0.5) is 0 Å². The van der Waals surface area contributed by atoms with Crippen molar-refractivity contribution >= 4 is 22.8 Å². The van der Waals surface area contributed by atoms with Gasteiger partial charge in [0, 0.05) is 36.1 Å². The lowest BCUT2D eigenvalue weighted by Crippen LogP contribution is -2.57. The molecule has 3 fully saturated rings. The van der Waals surface area contributed by atoms with Gasteiger partial charge in [0.15, 0.2) is 0 Å². The maximum atomic E-state index is 13.5. The molecule has 2 aromatic rings. The van der Waals surface area contributed by atoms with Crippen LogP contribution in [0.1, 0.15) is 88.2 Å². The molecule has 5 nitrogen and oxygen atoms in total. The highest BCUT2D eigenvalue weighted by atomic mass is 16.4. The molecular weight excluding hydrogens is 388 g/mol. The highest BCUT2D eigenvalue weighted by Crippen LogP contribution is 2.48. The number of carbonyl (C=O) groups is 2. The molecule has 2 N–H and O–H groups in total. The van der Waals surface area contributed by atoms with E-state index in [2.05, 4.69) is 36.3 Å². The van der Waals surface area contributed by atoms with E-state index in [1.165, 1.54) is 34.9 Å². The van der Waals surface area contributed by atoms with Crippen molar-refractivity contribution in [2.45, 2.75) is 83.1 Å². The third-order valence-corrected chi connectivity index (χ3v) is 8.40. The molecule has 5 heteroatoms. The van der Waals surface area contributed by atoms with Crippen molar-refractivity contribution in [1.29, 1.82) is 0 Å². The van der Waals surface area contributed by atoms with E-state index in [0.717, 1.165) is 38.6 Å². The van der Waals surface area contributed by atoms with Gasteiger partial charge in [-0.3, -0.25) is 9.59 Å². The summed E-state index contributed by atoms with van der Waals surface area (Å²) >= 11 is 0. The van der Waals surface area contributed by atoms with Crippen LogP contribution in [-0.2, 0) is 9.59 Å². The van der Waals surface area contributed by atoms with Gasteiger partial charge in [-0.05, 0) is 80.4 Å². The molecule has 2 saturated carbocycles. The molecule has 1 saturated heterocycles. The Morgan fingerprint density at radius 3 is 2.77 bits per heavy atom. The van der Waals surface area contributed by atoms with Gasteiger partial charge < -0.3 is 15.0 Å². The van der Waals surface area contributed by atoms with Crippen LogP contribution < -0.4 is 0 Å². The molecule has 1 amide bonds. The predicted molar refractivity (Wildman–Crippen MR) is 121 cm³/mol. The lowest BCUT2D eigenvalue weighted by Gasteiger charge is -2.51. The van der Waals surface area contributed by atoms with Crippen LogP contribution in [0, 0.1) is 11.3 Å². The van der Waals surface area contributed by atoms with E-state index < -0.39 is 11.4 Å². The first kappa shape index (κ1) is 20.6. The Kier molecular flexibility index (Phi) is 5.10. The normalized spacial score (nSPS) is 29.5. The van der Waals surface area contributed by atoms with Crippen LogP contribution in [0.2, 0.25) is 0 Å². The summed E-state index contributed by atoms with van der Waals surface area (Å²) in [7, 11) is 0. The average Bonchev–Trinajstić information content (AvgIpc) is 3.51. The first-order valence-electron chi connectivity index (χ1n) is 12.0. The number of carbonyl (C=O) groups excluding carboxylic acids is 1. The Morgan fingerprint density at radius 1 is 1.23 bits per heavy atom. The van der Waals surface area contributed by atoms with Gasteiger partial charge in [0.1, 0.15) is 0 Å². The molecule has 1 aliphatic heterocycles. The molecule has 0 spiro atoms. The summed E-state index contributed by atoms with van der Waals surface area (Å²) in [4.78, 5) is 31.0. The molecule has 1 aromatic heterocycles. The molecule has 2 heterocycles. The van der Waals surface area contributed by atoms with E-state index in [0.29, 0.717) is 12.3 Å². The summed E-state index contributed by atoms with van der Waals surface area (Å²) in [5, 5.41) is 11.2. The van der Waals surface area contributed by atoms with Crippen molar-refractivity contribution in [3.05, 3.63) is 35.5 Å². The third-order valence-electron chi connectivity index (χ3n) is 8.40.